The number of halogens is 3. The van der Waals surface area contributed by atoms with E-state index >= 15 is 0 Å². The second-order valence-electron chi connectivity index (χ2n) is 8.00. The molecular formula is C23H22F3N3O3S2. The Bertz CT molecular complexity index is 1260. The molecule has 2 heterocycles. The van der Waals surface area contributed by atoms with Crippen LogP contribution in [0.2, 0.25) is 0 Å². The summed E-state index contributed by atoms with van der Waals surface area (Å²) >= 11 is 1.38. The molecule has 3 aromatic rings. The molecule has 11 heteroatoms. The number of carbonyl (C=O) groups excluding carboxylic acids is 1. The molecule has 1 N–H and O–H groups in total. The quantitative estimate of drug-likeness (QED) is 0.502. The van der Waals surface area contributed by atoms with E-state index in [4.69, 9.17) is 0 Å². The highest BCUT2D eigenvalue weighted by Crippen LogP contribution is 2.33. The summed E-state index contributed by atoms with van der Waals surface area (Å²) in [7, 11) is -3.28. The Hall–Kier alpha value is -2.76. The fourth-order valence-corrected chi connectivity index (χ4v) is 5.57. The van der Waals surface area contributed by atoms with E-state index in [1.165, 1.54) is 35.6 Å². The maximum Gasteiger partial charge on any atom is 0.416 e. The SMILES string of the molecule is CCS(=O)(=O)c1ccc(CC(=O)Nc2nc3c(s2)CN(Cc2ccc(C(F)(F)F)cc2)C3)cc1. The minimum atomic E-state index is -4.35. The lowest BCUT2D eigenvalue weighted by molar-refractivity contribution is -0.137. The van der Waals surface area contributed by atoms with Crippen molar-refractivity contribution in [2.45, 2.75) is 44.1 Å². The van der Waals surface area contributed by atoms with Crippen molar-refractivity contribution in [3.05, 3.63) is 75.8 Å². The number of alkyl halides is 3. The van der Waals surface area contributed by atoms with Gasteiger partial charge in [-0.3, -0.25) is 9.69 Å². The first kappa shape index (κ1) is 24.4. The maximum absolute atomic E-state index is 12.7. The highest BCUT2D eigenvalue weighted by Gasteiger charge is 2.30. The third-order valence-corrected chi connectivity index (χ3v) is 8.23. The van der Waals surface area contributed by atoms with Crippen LogP contribution in [0.4, 0.5) is 18.3 Å². The monoisotopic (exact) mass is 509 g/mol. The van der Waals surface area contributed by atoms with Gasteiger partial charge in [0.15, 0.2) is 15.0 Å². The van der Waals surface area contributed by atoms with E-state index in [0.717, 1.165) is 28.3 Å². The van der Waals surface area contributed by atoms with E-state index in [2.05, 4.69) is 15.2 Å². The molecule has 0 aliphatic carbocycles. The van der Waals surface area contributed by atoms with Gasteiger partial charge in [0, 0.05) is 24.5 Å². The maximum atomic E-state index is 12.7. The van der Waals surface area contributed by atoms with Gasteiger partial charge in [0.1, 0.15) is 0 Å². The standard InChI is InChI=1S/C23H22F3N3O3S2/c1-2-34(31,32)18-9-5-15(6-10-18)11-21(30)28-22-27-19-13-29(14-20(19)33-22)12-16-3-7-17(8-4-16)23(24,25)26/h3-10H,2,11-14H2,1H3,(H,27,28,30). The number of aromatic nitrogens is 1. The third-order valence-electron chi connectivity index (χ3n) is 5.48. The van der Waals surface area contributed by atoms with Gasteiger partial charge in [0.25, 0.3) is 0 Å². The van der Waals surface area contributed by atoms with Gasteiger partial charge in [-0.1, -0.05) is 31.2 Å². The molecule has 0 saturated heterocycles. The molecule has 0 bridgehead atoms. The van der Waals surface area contributed by atoms with Crippen LogP contribution in [0.3, 0.4) is 0 Å². The number of hydrogen-bond donors (Lipinski definition) is 1. The number of anilines is 1. The Kier molecular flexibility index (Phi) is 6.79. The number of hydrogen-bond acceptors (Lipinski definition) is 6. The van der Waals surface area contributed by atoms with E-state index in [1.54, 1.807) is 19.1 Å². The van der Waals surface area contributed by atoms with Crippen molar-refractivity contribution in [1.29, 1.82) is 0 Å². The molecule has 1 aromatic heterocycles. The van der Waals surface area contributed by atoms with Gasteiger partial charge in [-0.25, -0.2) is 13.4 Å². The van der Waals surface area contributed by atoms with Crippen molar-refractivity contribution < 1.29 is 26.4 Å². The zero-order valence-electron chi connectivity index (χ0n) is 18.2. The normalized spacial score (nSPS) is 14.2. The van der Waals surface area contributed by atoms with Gasteiger partial charge in [-0.2, -0.15) is 13.2 Å². The van der Waals surface area contributed by atoms with E-state index in [-0.39, 0.29) is 23.0 Å². The molecule has 1 aliphatic heterocycles. The van der Waals surface area contributed by atoms with Crippen LogP contribution in [-0.4, -0.2) is 30.0 Å². The topological polar surface area (TPSA) is 79.4 Å². The third kappa shape index (κ3) is 5.65. The molecule has 1 amide bonds. The smallest absolute Gasteiger partial charge is 0.302 e. The summed E-state index contributed by atoms with van der Waals surface area (Å²) in [5.74, 6) is -0.233. The number of fused-ring (bicyclic) bond motifs is 1. The first-order valence-electron chi connectivity index (χ1n) is 10.5. The highest BCUT2D eigenvalue weighted by atomic mass is 32.2. The summed E-state index contributed by atoms with van der Waals surface area (Å²) in [6.45, 7) is 3.25. The average molecular weight is 510 g/mol. The highest BCUT2D eigenvalue weighted by molar-refractivity contribution is 7.91. The van der Waals surface area contributed by atoms with Crippen molar-refractivity contribution in [3.63, 3.8) is 0 Å². The summed E-state index contributed by atoms with van der Waals surface area (Å²) in [6.07, 6.45) is -4.25. The number of amides is 1. The van der Waals surface area contributed by atoms with Gasteiger partial charge in [-0.05, 0) is 35.4 Å². The summed E-state index contributed by atoms with van der Waals surface area (Å²) in [4.78, 5) is 20.2. The van der Waals surface area contributed by atoms with Crippen LogP contribution in [-0.2, 0) is 46.9 Å². The van der Waals surface area contributed by atoms with Crippen molar-refractivity contribution in [3.8, 4) is 0 Å². The van der Waals surface area contributed by atoms with E-state index in [0.29, 0.717) is 30.3 Å². The van der Waals surface area contributed by atoms with Crippen LogP contribution in [0.25, 0.3) is 0 Å². The van der Waals surface area contributed by atoms with Crippen LogP contribution in [0.5, 0.6) is 0 Å². The van der Waals surface area contributed by atoms with Crippen molar-refractivity contribution in [2.24, 2.45) is 0 Å². The Labute approximate surface area is 199 Å². The molecule has 0 unspecified atom stereocenters. The molecule has 34 heavy (non-hydrogen) atoms. The Morgan fingerprint density at radius 2 is 1.71 bits per heavy atom. The van der Waals surface area contributed by atoms with E-state index < -0.39 is 21.6 Å². The van der Waals surface area contributed by atoms with Crippen molar-refractivity contribution in [2.75, 3.05) is 11.1 Å². The second-order valence-corrected chi connectivity index (χ2v) is 11.4. The van der Waals surface area contributed by atoms with Crippen LogP contribution >= 0.6 is 11.3 Å². The predicted octanol–water partition coefficient (Wildman–Crippen LogP) is 4.65. The summed E-state index contributed by atoms with van der Waals surface area (Å²) in [6, 6.07) is 11.4. The zero-order valence-corrected chi connectivity index (χ0v) is 19.9. The lowest BCUT2D eigenvalue weighted by Gasteiger charge is -2.15. The van der Waals surface area contributed by atoms with Crippen molar-refractivity contribution >= 4 is 32.2 Å². The molecular weight excluding hydrogens is 487 g/mol. The molecule has 2 aromatic carbocycles. The molecule has 0 fully saturated rings. The summed E-state index contributed by atoms with van der Waals surface area (Å²) in [5.41, 5.74) is 1.66. The van der Waals surface area contributed by atoms with Gasteiger partial charge >= 0.3 is 6.18 Å². The second kappa shape index (κ2) is 9.47. The molecule has 4 rings (SSSR count). The molecule has 6 nitrogen and oxygen atoms in total. The van der Waals surface area contributed by atoms with Crippen LogP contribution in [0, 0.1) is 0 Å². The van der Waals surface area contributed by atoms with Crippen LogP contribution in [0.15, 0.2) is 53.4 Å². The zero-order chi connectivity index (χ0) is 24.5. The van der Waals surface area contributed by atoms with Gasteiger partial charge in [-0.15, -0.1) is 11.3 Å². The van der Waals surface area contributed by atoms with Crippen molar-refractivity contribution in [1.82, 2.24) is 9.88 Å². The Balaban J connectivity index is 1.30. The summed E-state index contributed by atoms with van der Waals surface area (Å²) < 4.78 is 61.9. The molecule has 0 atom stereocenters. The number of nitrogens with one attached hydrogen (secondary N) is 1. The van der Waals surface area contributed by atoms with E-state index in [9.17, 15) is 26.4 Å². The fourth-order valence-electron chi connectivity index (χ4n) is 3.65. The largest absolute Gasteiger partial charge is 0.416 e. The number of sulfone groups is 1. The average Bonchev–Trinajstić information content (AvgIpc) is 3.31. The number of benzene rings is 2. The molecule has 0 saturated carbocycles. The Morgan fingerprint density at radius 3 is 2.29 bits per heavy atom. The molecule has 1 aliphatic rings. The van der Waals surface area contributed by atoms with Gasteiger partial charge in [0.2, 0.25) is 5.91 Å². The summed E-state index contributed by atoms with van der Waals surface area (Å²) in [5, 5.41) is 3.28. The van der Waals surface area contributed by atoms with Crippen LogP contribution in [0.1, 0.15) is 34.2 Å². The minimum Gasteiger partial charge on any atom is -0.302 e. The first-order chi connectivity index (χ1) is 16.0. The van der Waals surface area contributed by atoms with Gasteiger partial charge in [0.05, 0.1) is 28.3 Å². The molecule has 0 spiro atoms. The Morgan fingerprint density at radius 1 is 1.06 bits per heavy atom. The first-order valence-corrected chi connectivity index (χ1v) is 13.0. The van der Waals surface area contributed by atoms with Gasteiger partial charge < -0.3 is 5.32 Å². The number of rotatable bonds is 7. The van der Waals surface area contributed by atoms with E-state index in [1.807, 2.05) is 0 Å². The molecule has 0 radical (unpaired) electrons. The molecule has 180 valence electrons. The minimum absolute atomic E-state index is 0.0172. The van der Waals surface area contributed by atoms with Crippen LogP contribution < -0.4 is 5.32 Å². The fraction of sp³-hybridized carbons (Fsp3) is 0.304. The lowest BCUT2D eigenvalue weighted by atomic mass is 10.1. The number of carbonyl (C=O) groups is 1. The number of thiazole rings is 1. The lowest BCUT2D eigenvalue weighted by Crippen LogP contribution is -2.17. The predicted molar refractivity (Wildman–Crippen MR) is 123 cm³/mol. The number of nitrogens with zero attached hydrogens (tertiary/aromatic N) is 2.